The Morgan fingerprint density at radius 3 is 2.26 bits per heavy atom. The molecule has 0 aromatic heterocycles. The van der Waals surface area contributed by atoms with Crippen molar-refractivity contribution in [3.63, 3.8) is 0 Å². The number of nitrogens with one attached hydrogen (secondary N) is 2. The first-order chi connectivity index (χ1) is 13.0. The molecule has 7 heteroatoms. The van der Waals surface area contributed by atoms with Crippen LogP contribution in [0.25, 0.3) is 0 Å². The third-order valence-corrected chi connectivity index (χ3v) is 4.50. The van der Waals surface area contributed by atoms with Crippen molar-refractivity contribution in [2.75, 3.05) is 19.7 Å². The Hall–Kier alpha value is -2.08. The van der Waals surface area contributed by atoms with E-state index in [1.807, 2.05) is 25.1 Å². The summed E-state index contributed by atoms with van der Waals surface area (Å²) < 4.78 is 5.64. The lowest BCUT2D eigenvalue weighted by Crippen LogP contribution is -2.36. The van der Waals surface area contributed by atoms with Crippen LogP contribution in [0.2, 0.25) is 10.0 Å². The van der Waals surface area contributed by atoms with Crippen LogP contribution >= 0.6 is 23.2 Å². The molecule has 1 unspecified atom stereocenters. The van der Waals surface area contributed by atoms with Crippen molar-refractivity contribution >= 4 is 35.0 Å². The monoisotopic (exact) mass is 408 g/mol. The van der Waals surface area contributed by atoms with Gasteiger partial charge in [-0.05, 0) is 37.6 Å². The van der Waals surface area contributed by atoms with E-state index < -0.39 is 0 Å². The van der Waals surface area contributed by atoms with Gasteiger partial charge in [0.1, 0.15) is 0 Å². The van der Waals surface area contributed by atoms with Gasteiger partial charge < -0.3 is 15.4 Å². The molecule has 27 heavy (non-hydrogen) atoms. The molecule has 0 radical (unpaired) electrons. The molecule has 0 saturated heterocycles. The first-order valence-electron chi connectivity index (χ1n) is 8.70. The van der Waals surface area contributed by atoms with Gasteiger partial charge in [-0.1, -0.05) is 47.5 Å². The predicted molar refractivity (Wildman–Crippen MR) is 108 cm³/mol. The predicted octanol–water partition coefficient (Wildman–Crippen LogP) is 3.95. The van der Waals surface area contributed by atoms with Crippen molar-refractivity contribution in [2.45, 2.75) is 19.4 Å². The summed E-state index contributed by atoms with van der Waals surface area (Å²) in [7, 11) is 0. The van der Waals surface area contributed by atoms with E-state index in [1.165, 1.54) is 0 Å². The second-order valence-electron chi connectivity index (χ2n) is 5.79. The highest BCUT2D eigenvalue weighted by molar-refractivity contribution is 6.39. The summed E-state index contributed by atoms with van der Waals surface area (Å²) in [4.78, 5) is 24.4. The maximum Gasteiger partial charge on any atom is 0.254 e. The molecule has 2 amide bonds. The third kappa shape index (κ3) is 6.54. The van der Waals surface area contributed by atoms with Crippen LogP contribution < -0.4 is 10.6 Å². The molecule has 0 spiro atoms. The number of benzene rings is 2. The van der Waals surface area contributed by atoms with Gasteiger partial charge in [-0.15, -0.1) is 0 Å². The number of amides is 2. The number of rotatable bonds is 9. The maximum absolute atomic E-state index is 12.4. The molecule has 2 aromatic rings. The second kappa shape index (κ2) is 10.9. The normalized spacial score (nSPS) is 11.7. The lowest BCUT2D eigenvalue weighted by atomic mass is 10.2. The van der Waals surface area contributed by atoms with Crippen LogP contribution in [-0.2, 0) is 4.74 Å². The zero-order valence-corrected chi connectivity index (χ0v) is 16.5. The lowest BCUT2D eigenvalue weighted by molar-refractivity contribution is 0.0534. The van der Waals surface area contributed by atoms with Gasteiger partial charge in [0.25, 0.3) is 11.8 Å². The van der Waals surface area contributed by atoms with E-state index in [9.17, 15) is 9.59 Å². The van der Waals surface area contributed by atoms with E-state index in [4.69, 9.17) is 27.9 Å². The molecule has 2 rings (SSSR count). The Kier molecular flexibility index (Phi) is 8.58. The maximum atomic E-state index is 12.4. The summed E-state index contributed by atoms with van der Waals surface area (Å²) in [5, 5.41) is 6.23. The molecule has 2 aromatic carbocycles. The van der Waals surface area contributed by atoms with Crippen LogP contribution in [-0.4, -0.2) is 37.6 Å². The molecular formula is C20H22Cl2N2O3. The van der Waals surface area contributed by atoms with Gasteiger partial charge >= 0.3 is 0 Å². The van der Waals surface area contributed by atoms with Gasteiger partial charge in [0, 0.05) is 25.3 Å². The van der Waals surface area contributed by atoms with E-state index in [-0.39, 0.29) is 30.0 Å². The standard InChI is InChI=1S/C20H22Cl2N2O3/c1-2-27-15(11-12-23-19(25)14-7-4-3-5-8-14)13-24-20(26)18-16(21)9-6-10-17(18)22/h3-10,15H,2,11-13H2,1H3,(H,23,25)(H,24,26). The second-order valence-corrected chi connectivity index (χ2v) is 6.61. The molecule has 0 saturated carbocycles. The largest absolute Gasteiger partial charge is 0.377 e. The SMILES string of the molecule is CCOC(CCNC(=O)c1ccccc1)CNC(=O)c1c(Cl)cccc1Cl. The quantitative estimate of drug-likeness (QED) is 0.659. The number of hydrogen-bond donors (Lipinski definition) is 2. The summed E-state index contributed by atoms with van der Waals surface area (Å²) in [6, 6.07) is 13.9. The summed E-state index contributed by atoms with van der Waals surface area (Å²) in [6.07, 6.45) is 0.319. The smallest absolute Gasteiger partial charge is 0.254 e. The minimum absolute atomic E-state index is 0.141. The van der Waals surface area contributed by atoms with Crippen molar-refractivity contribution < 1.29 is 14.3 Å². The molecule has 144 valence electrons. The van der Waals surface area contributed by atoms with Gasteiger partial charge in [-0.3, -0.25) is 9.59 Å². The Morgan fingerprint density at radius 2 is 1.63 bits per heavy atom. The van der Waals surface area contributed by atoms with Gasteiger partial charge in [0.15, 0.2) is 0 Å². The number of hydrogen-bond acceptors (Lipinski definition) is 3. The zero-order valence-electron chi connectivity index (χ0n) is 15.0. The van der Waals surface area contributed by atoms with E-state index in [0.717, 1.165) is 0 Å². The zero-order chi connectivity index (χ0) is 19.6. The molecule has 0 bridgehead atoms. The number of carbonyl (C=O) groups is 2. The topological polar surface area (TPSA) is 67.4 Å². The molecule has 0 heterocycles. The minimum atomic E-state index is -0.358. The van der Waals surface area contributed by atoms with Crippen molar-refractivity contribution in [1.29, 1.82) is 0 Å². The first kappa shape index (κ1) is 21.2. The molecule has 5 nitrogen and oxygen atoms in total. The molecular weight excluding hydrogens is 387 g/mol. The van der Waals surface area contributed by atoms with Gasteiger partial charge in [-0.2, -0.15) is 0 Å². The van der Waals surface area contributed by atoms with E-state index in [2.05, 4.69) is 10.6 Å². The summed E-state index contributed by atoms with van der Waals surface area (Å²) in [5.74, 6) is -0.499. The third-order valence-electron chi connectivity index (χ3n) is 3.87. The molecule has 0 fully saturated rings. The van der Waals surface area contributed by atoms with Gasteiger partial charge in [0.2, 0.25) is 0 Å². The Balaban J connectivity index is 1.84. The Labute approximate surface area is 169 Å². The Morgan fingerprint density at radius 1 is 0.963 bits per heavy atom. The summed E-state index contributed by atoms with van der Waals surface area (Å²) in [6.45, 7) is 3.10. The van der Waals surface area contributed by atoms with Crippen LogP contribution in [0.4, 0.5) is 0 Å². The van der Waals surface area contributed by atoms with E-state index in [1.54, 1.807) is 30.3 Å². The lowest BCUT2D eigenvalue weighted by Gasteiger charge is -2.18. The molecule has 2 N–H and O–H groups in total. The molecule has 0 aliphatic rings. The number of ether oxygens (including phenoxy) is 1. The van der Waals surface area contributed by atoms with Gasteiger partial charge in [-0.25, -0.2) is 0 Å². The average molecular weight is 409 g/mol. The number of carbonyl (C=O) groups excluding carboxylic acids is 2. The first-order valence-corrected chi connectivity index (χ1v) is 9.45. The fourth-order valence-corrected chi connectivity index (χ4v) is 3.10. The van der Waals surface area contributed by atoms with Crippen molar-refractivity contribution in [1.82, 2.24) is 10.6 Å². The van der Waals surface area contributed by atoms with Crippen molar-refractivity contribution in [2.24, 2.45) is 0 Å². The van der Waals surface area contributed by atoms with E-state index >= 15 is 0 Å². The van der Waals surface area contributed by atoms with Crippen LogP contribution in [0.1, 0.15) is 34.1 Å². The Bertz CT molecular complexity index is 749. The highest BCUT2D eigenvalue weighted by atomic mass is 35.5. The fourth-order valence-electron chi connectivity index (χ4n) is 2.53. The average Bonchev–Trinajstić information content (AvgIpc) is 2.66. The van der Waals surface area contributed by atoms with Crippen LogP contribution in [0, 0.1) is 0 Å². The molecule has 0 aliphatic carbocycles. The van der Waals surface area contributed by atoms with Crippen LogP contribution in [0.5, 0.6) is 0 Å². The van der Waals surface area contributed by atoms with Crippen LogP contribution in [0.15, 0.2) is 48.5 Å². The number of halogens is 2. The van der Waals surface area contributed by atoms with Gasteiger partial charge in [0.05, 0.1) is 21.7 Å². The highest BCUT2D eigenvalue weighted by Gasteiger charge is 2.17. The minimum Gasteiger partial charge on any atom is -0.377 e. The van der Waals surface area contributed by atoms with Crippen LogP contribution in [0.3, 0.4) is 0 Å². The fraction of sp³-hybridized carbons (Fsp3) is 0.300. The van der Waals surface area contributed by atoms with Crippen molar-refractivity contribution in [3.05, 3.63) is 69.7 Å². The summed E-state index contributed by atoms with van der Waals surface area (Å²) in [5.41, 5.74) is 0.848. The molecule has 1 atom stereocenters. The van der Waals surface area contributed by atoms with Crippen molar-refractivity contribution in [3.8, 4) is 0 Å². The molecule has 0 aliphatic heterocycles. The van der Waals surface area contributed by atoms with E-state index in [0.29, 0.717) is 35.2 Å². The highest BCUT2D eigenvalue weighted by Crippen LogP contribution is 2.23. The summed E-state index contributed by atoms with van der Waals surface area (Å²) >= 11 is 12.1.